The van der Waals surface area contributed by atoms with Crippen molar-refractivity contribution in [1.29, 1.82) is 0 Å². The van der Waals surface area contributed by atoms with Gasteiger partial charge in [-0.25, -0.2) is 19.0 Å². The van der Waals surface area contributed by atoms with E-state index >= 15 is 0 Å². The van der Waals surface area contributed by atoms with Gasteiger partial charge < -0.3 is 4.90 Å². The van der Waals surface area contributed by atoms with Crippen LogP contribution >= 0.6 is 0 Å². The Hall–Kier alpha value is -3.86. The summed E-state index contributed by atoms with van der Waals surface area (Å²) in [5.41, 5.74) is -0.111. The van der Waals surface area contributed by atoms with Crippen LogP contribution in [0.3, 0.4) is 0 Å². The van der Waals surface area contributed by atoms with Crippen LogP contribution in [0.15, 0.2) is 66.2 Å². The van der Waals surface area contributed by atoms with Crippen molar-refractivity contribution in [2.45, 2.75) is 6.54 Å². The molecule has 0 atom stereocenters. The number of hydrogen-bond donors (Lipinski definition) is 0. The topological polar surface area (TPSA) is 103 Å². The van der Waals surface area contributed by atoms with E-state index in [2.05, 4.69) is 35.1 Å². The molecule has 1 aliphatic rings. The molecule has 0 aliphatic carbocycles. The first-order valence-electron chi connectivity index (χ1n) is 10.1. The van der Waals surface area contributed by atoms with Gasteiger partial charge in [-0.1, -0.05) is 0 Å². The minimum absolute atomic E-state index is 0.111. The number of aromatic nitrogens is 8. The summed E-state index contributed by atoms with van der Waals surface area (Å²) in [5, 5.41) is 12.8. The average molecular weight is 418 g/mol. The molecular formula is C20H22N10O. The number of nitrogens with zero attached hydrogens (tertiary/aromatic N) is 10. The van der Waals surface area contributed by atoms with Crippen molar-refractivity contribution < 1.29 is 0 Å². The highest BCUT2D eigenvalue weighted by molar-refractivity contribution is 5.39. The minimum Gasteiger partial charge on any atom is -0.353 e. The average Bonchev–Trinajstić information content (AvgIpc) is 3.54. The van der Waals surface area contributed by atoms with Gasteiger partial charge in [0.1, 0.15) is 5.82 Å². The van der Waals surface area contributed by atoms with E-state index in [1.54, 1.807) is 46.4 Å². The van der Waals surface area contributed by atoms with Crippen LogP contribution < -0.4 is 10.5 Å². The second-order valence-corrected chi connectivity index (χ2v) is 7.22. The molecule has 0 spiro atoms. The first-order valence-corrected chi connectivity index (χ1v) is 10.1. The Morgan fingerprint density at radius 3 is 2.23 bits per heavy atom. The zero-order valence-corrected chi connectivity index (χ0v) is 16.9. The summed E-state index contributed by atoms with van der Waals surface area (Å²) in [6, 6.07) is 6.90. The van der Waals surface area contributed by atoms with Gasteiger partial charge >= 0.3 is 0 Å². The van der Waals surface area contributed by atoms with Gasteiger partial charge in [0.05, 0.1) is 18.9 Å². The Labute approximate surface area is 178 Å². The maximum absolute atomic E-state index is 12.2. The Balaban J connectivity index is 1.19. The van der Waals surface area contributed by atoms with Crippen molar-refractivity contribution in [2.24, 2.45) is 0 Å². The fraction of sp³-hybridized carbons (Fsp3) is 0.300. The molecule has 1 saturated heterocycles. The highest BCUT2D eigenvalue weighted by atomic mass is 16.1. The Bertz CT molecular complexity index is 1180. The molecule has 0 N–H and O–H groups in total. The molecule has 0 aromatic carbocycles. The largest absolute Gasteiger partial charge is 0.353 e. The Morgan fingerprint density at radius 1 is 0.806 bits per heavy atom. The van der Waals surface area contributed by atoms with Gasteiger partial charge in [0.2, 0.25) is 0 Å². The summed E-state index contributed by atoms with van der Waals surface area (Å²) < 4.78 is 4.85. The smallest absolute Gasteiger partial charge is 0.266 e. The van der Waals surface area contributed by atoms with Gasteiger partial charge in [0, 0.05) is 63.6 Å². The summed E-state index contributed by atoms with van der Waals surface area (Å²) in [7, 11) is 0. The lowest BCUT2D eigenvalue weighted by molar-refractivity contribution is 0.242. The highest BCUT2D eigenvalue weighted by Crippen LogP contribution is 2.14. The van der Waals surface area contributed by atoms with Gasteiger partial charge in [-0.15, -0.1) is 5.10 Å². The number of hydrogen-bond acceptors (Lipinski definition) is 8. The van der Waals surface area contributed by atoms with Crippen molar-refractivity contribution in [3.05, 3.63) is 71.8 Å². The van der Waals surface area contributed by atoms with E-state index in [9.17, 15) is 4.79 Å². The molecule has 11 nitrogen and oxygen atoms in total. The van der Waals surface area contributed by atoms with E-state index in [-0.39, 0.29) is 5.56 Å². The molecule has 5 heterocycles. The SMILES string of the molecule is O=c1ccc(-n2cccn2)nn1CCN1CCN(c2cncc(-n3cccn3)n2)CC1. The monoisotopic (exact) mass is 418 g/mol. The lowest BCUT2D eigenvalue weighted by Crippen LogP contribution is -2.48. The maximum Gasteiger partial charge on any atom is 0.266 e. The van der Waals surface area contributed by atoms with Gasteiger partial charge in [-0.2, -0.15) is 10.2 Å². The van der Waals surface area contributed by atoms with E-state index in [1.807, 2.05) is 18.3 Å². The van der Waals surface area contributed by atoms with Gasteiger partial charge in [-0.05, 0) is 18.2 Å². The summed E-state index contributed by atoms with van der Waals surface area (Å²) in [5.74, 6) is 2.18. The van der Waals surface area contributed by atoms with Crippen LogP contribution in [0.25, 0.3) is 11.6 Å². The standard InChI is InChI=1S/C20H22N10O/c31-20-4-3-17(28-7-1-5-22-28)25-30(20)14-11-26-9-12-27(13-10-26)18-15-21-16-19(24-18)29-8-2-6-23-29/h1-8,15-16H,9-14H2. The van der Waals surface area contributed by atoms with Gasteiger partial charge in [0.25, 0.3) is 5.56 Å². The van der Waals surface area contributed by atoms with Crippen molar-refractivity contribution in [3.8, 4) is 11.6 Å². The third-order valence-corrected chi connectivity index (χ3v) is 5.26. The molecule has 4 aromatic rings. The molecule has 0 bridgehead atoms. The molecule has 0 saturated carbocycles. The summed E-state index contributed by atoms with van der Waals surface area (Å²) in [4.78, 5) is 25.8. The molecule has 1 fully saturated rings. The fourth-order valence-electron chi connectivity index (χ4n) is 3.57. The van der Waals surface area contributed by atoms with Crippen molar-refractivity contribution in [3.63, 3.8) is 0 Å². The second kappa shape index (κ2) is 8.48. The summed E-state index contributed by atoms with van der Waals surface area (Å²) in [6.07, 6.45) is 10.6. The second-order valence-electron chi connectivity index (χ2n) is 7.22. The normalized spacial score (nSPS) is 14.8. The van der Waals surface area contributed by atoms with E-state index in [0.29, 0.717) is 18.2 Å². The van der Waals surface area contributed by atoms with E-state index < -0.39 is 0 Å². The molecule has 11 heteroatoms. The van der Waals surface area contributed by atoms with E-state index in [1.165, 1.54) is 10.7 Å². The van der Waals surface area contributed by atoms with E-state index in [4.69, 9.17) is 0 Å². The highest BCUT2D eigenvalue weighted by Gasteiger charge is 2.19. The Morgan fingerprint density at radius 2 is 1.52 bits per heavy atom. The van der Waals surface area contributed by atoms with Crippen LogP contribution in [0, 0.1) is 0 Å². The molecule has 5 rings (SSSR count). The molecule has 31 heavy (non-hydrogen) atoms. The number of anilines is 1. The van der Waals surface area contributed by atoms with Crippen molar-refractivity contribution >= 4 is 5.82 Å². The fourth-order valence-corrected chi connectivity index (χ4v) is 3.57. The van der Waals surface area contributed by atoms with Crippen LogP contribution in [0.4, 0.5) is 5.82 Å². The molecule has 0 radical (unpaired) electrons. The van der Waals surface area contributed by atoms with Crippen LogP contribution in [-0.4, -0.2) is 76.9 Å². The van der Waals surface area contributed by atoms with E-state index in [0.717, 1.165) is 38.5 Å². The predicted octanol–water partition coefficient (Wildman–Crippen LogP) is 0.227. The predicted molar refractivity (Wildman–Crippen MR) is 113 cm³/mol. The molecule has 0 amide bonds. The number of piperazine rings is 1. The maximum atomic E-state index is 12.2. The zero-order chi connectivity index (χ0) is 21.0. The lowest BCUT2D eigenvalue weighted by atomic mass is 10.3. The molecule has 4 aromatic heterocycles. The number of rotatable bonds is 6. The first kappa shape index (κ1) is 19.1. The molecule has 1 aliphatic heterocycles. The van der Waals surface area contributed by atoms with Gasteiger partial charge in [0.15, 0.2) is 11.6 Å². The quantitative estimate of drug-likeness (QED) is 0.438. The summed E-state index contributed by atoms with van der Waals surface area (Å²) >= 11 is 0. The van der Waals surface area contributed by atoms with Crippen LogP contribution in [0.5, 0.6) is 0 Å². The van der Waals surface area contributed by atoms with Crippen LogP contribution in [0.1, 0.15) is 0 Å². The zero-order valence-electron chi connectivity index (χ0n) is 16.9. The minimum atomic E-state index is -0.111. The molecule has 158 valence electrons. The van der Waals surface area contributed by atoms with Crippen molar-refractivity contribution in [2.75, 3.05) is 37.6 Å². The lowest BCUT2D eigenvalue weighted by Gasteiger charge is -2.35. The Kier molecular flexibility index (Phi) is 5.23. The summed E-state index contributed by atoms with van der Waals surface area (Å²) in [6.45, 7) is 4.72. The van der Waals surface area contributed by atoms with Crippen LogP contribution in [0.2, 0.25) is 0 Å². The van der Waals surface area contributed by atoms with Crippen molar-refractivity contribution in [1.82, 2.24) is 44.2 Å². The molecule has 0 unspecified atom stereocenters. The van der Waals surface area contributed by atoms with Crippen LogP contribution in [-0.2, 0) is 6.54 Å². The third kappa shape index (κ3) is 4.21. The van der Waals surface area contributed by atoms with Gasteiger partial charge in [-0.3, -0.25) is 14.7 Å². The first-order chi connectivity index (χ1) is 15.3. The molecular weight excluding hydrogens is 396 g/mol. The third-order valence-electron chi connectivity index (χ3n) is 5.26.